The average molecular weight is 396 g/mol. The Kier molecular flexibility index (Phi) is 7.25. The lowest BCUT2D eigenvalue weighted by Gasteiger charge is -2.23. The molecule has 0 aromatic heterocycles. The predicted octanol–water partition coefficient (Wildman–Crippen LogP) is 2.73. The van der Waals surface area contributed by atoms with Gasteiger partial charge in [0.2, 0.25) is 5.90 Å². The third-order valence-electron chi connectivity index (χ3n) is 4.73. The topological polar surface area (TPSA) is 80.2 Å². The van der Waals surface area contributed by atoms with Gasteiger partial charge in [-0.25, -0.2) is 4.99 Å². The van der Waals surface area contributed by atoms with Crippen molar-refractivity contribution in [3.63, 3.8) is 0 Å². The first-order valence-electron chi connectivity index (χ1n) is 10.1. The van der Waals surface area contributed by atoms with Crippen LogP contribution in [-0.4, -0.2) is 48.8 Å². The van der Waals surface area contributed by atoms with Crippen molar-refractivity contribution in [2.75, 3.05) is 26.4 Å². The molecule has 1 atom stereocenters. The molecule has 0 bridgehead atoms. The smallest absolute Gasteiger partial charge is 0.251 e. The monoisotopic (exact) mass is 396 g/mol. The summed E-state index contributed by atoms with van der Waals surface area (Å²) in [5, 5.41) is 11.8. The van der Waals surface area contributed by atoms with Crippen LogP contribution in [0.1, 0.15) is 30.9 Å². The van der Waals surface area contributed by atoms with Crippen LogP contribution < -0.4 is 10.1 Å². The summed E-state index contributed by atoms with van der Waals surface area (Å²) >= 11 is 0. The second kappa shape index (κ2) is 10.1. The van der Waals surface area contributed by atoms with Gasteiger partial charge in [0.1, 0.15) is 12.4 Å². The number of nitrogens with zero attached hydrogens (tertiary/aromatic N) is 1. The Morgan fingerprint density at radius 2 is 1.97 bits per heavy atom. The van der Waals surface area contributed by atoms with Crippen LogP contribution >= 0.6 is 0 Å². The molecule has 6 heteroatoms. The summed E-state index contributed by atoms with van der Waals surface area (Å²) in [5.74, 6) is 1.08. The van der Waals surface area contributed by atoms with E-state index in [1.165, 1.54) is 0 Å². The van der Waals surface area contributed by atoms with Crippen molar-refractivity contribution in [2.45, 2.75) is 31.7 Å². The molecule has 0 unspecified atom stereocenters. The summed E-state index contributed by atoms with van der Waals surface area (Å²) in [4.78, 5) is 17.7. The number of aliphatic imine (C=N–C) groups is 1. The van der Waals surface area contributed by atoms with Gasteiger partial charge in [0.25, 0.3) is 5.91 Å². The number of aliphatic hydroxyl groups is 1. The van der Waals surface area contributed by atoms with Crippen molar-refractivity contribution in [1.29, 1.82) is 0 Å². The number of rotatable bonds is 10. The molecule has 1 heterocycles. The van der Waals surface area contributed by atoms with E-state index in [0.717, 1.165) is 23.3 Å². The fourth-order valence-corrected chi connectivity index (χ4v) is 3.17. The van der Waals surface area contributed by atoms with E-state index < -0.39 is 5.54 Å². The highest BCUT2D eigenvalue weighted by molar-refractivity contribution is 6.00. The number of hydrogen-bond donors (Lipinski definition) is 2. The van der Waals surface area contributed by atoms with Gasteiger partial charge in [-0.05, 0) is 36.2 Å². The quantitative estimate of drug-likeness (QED) is 0.605. The molecule has 1 aliphatic heterocycles. The number of hydrogen-bond acceptors (Lipinski definition) is 5. The Hall–Kier alpha value is -2.86. The maximum atomic E-state index is 13.0. The Balaban J connectivity index is 1.80. The standard InChI is InChI=1S/C23H28N2O4/c1-2-13-24-22(27)23(16-18-7-4-3-5-8-18)17-29-21(25-23)19-9-11-20(12-10-19)28-15-6-14-26/h3-5,7-12,26H,2,6,13-17H2,1H3,(H,24,27)/t23-/m1/s1. The summed E-state index contributed by atoms with van der Waals surface area (Å²) in [6, 6.07) is 17.3. The minimum atomic E-state index is -0.970. The molecule has 0 spiro atoms. The van der Waals surface area contributed by atoms with Gasteiger partial charge >= 0.3 is 0 Å². The van der Waals surface area contributed by atoms with Gasteiger partial charge in [0.05, 0.1) is 6.61 Å². The van der Waals surface area contributed by atoms with E-state index >= 15 is 0 Å². The van der Waals surface area contributed by atoms with Gasteiger partial charge in [-0.3, -0.25) is 4.79 Å². The number of carbonyl (C=O) groups excluding carboxylic acids is 1. The van der Waals surface area contributed by atoms with Gasteiger partial charge in [0, 0.05) is 31.6 Å². The number of nitrogens with one attached hydrogen (secondary N) is 1. The molecule has 2 aromatic rings. The molecule has 3 rings (SSSR count). The van der Waals surface area contributed by atoms with Crippen molar-refractivity contribution in [3.8, 4) is 5.75 Å². The van der Waals surface area contributed by atoms with Crippen LogP contribution in [0.15, 0.2) is 59.6 Å². The van der Waals surface area contributed by atoms with Crippen LogP contribution in [0.25, 0.3) is 0 Å². The number of amides is 1. The third-order valence-corrected chi connectivity index (χ3v) is 4.73. The highest BCUT2D eigenvalue weighted by atomic mass is 16.5. The Bertz CT molecular complexity index is 821. The molecule has 0 saturated carbocycles. The lowest BCUT2D eigenvalue weighted by atomic mass is 9.91. The first-order valence-corrected chi connectivity index (χ1v) is 10.1. The third kappa shape index (κ3) is 5.35. The van der Waals surface area contributed by atoms with Gasteiger partial charge in [0.15, 0.2) is 5.54 Å². The molecule has 1 aliphatic rings. The van der Waals surface area contributed by atoms with Crippen LogP contribution in [0, 0.1) is 0 Å². The molecular weight excluding hydrogens is 368 g/mol. The Labute approximate surface area is 171 Å². The van der Waals surface area contributed by atoms with Crippen molar-refractivity contribution in [2.24, 2.45) is 4.99 Å². The summed E-state index contributed by atoms with van der Waals surface area (Å²) in [6.07, 6.45) is 1.93. The van der Waals surface area contributed by atoms with Crippen LogP contribution in [0.3, 0.4) is 0 Å². The first kappa shape index (κ1) is 20.9. The number of benzene rings is 2. The summed E-state index contributed by atoms with van der Waals surface area (Å²) in [7, 11) is 0. The van der Waals surface area contributed by atoms with Gasteiger partial charge < -0.3 is 19.9 Å². The number of aliphatic hydroxyl groups excluding tert-OH is 1. The normalized spacial score (nSPS) is 18.1. The fraction of sp³-hybridized carbons (Fsp3) is 0.391. The minimum Gasteiger partial charge on any atom is -0.494 e. The molecule has 0 aliphatic carbocycles. The van der Waals surface area contributed by atoms with Crippen LogP contribution in [0.2, 0.25) is 0 Å². The Morgan fingerprint density at radius 3 is 2.66 bits per heavy atom. The zero-order chi connectivity index (χ0) is 20.5. The van der Waals surface area contributed by atoms with Gasteiger partial charge in [-0.15, -0.1) is 0 Å². The van der Waals surface area contributed by atoms with Gasteiger partial charge in [-0.1, -0.05) is 37.3 Å². The second-order valence-corrected chi connectivity index (χ2v) is 7.11. The number of ether oxygens (including phenoxy) is 2. The summed E-state index contributed by atoms with van der Waals surface area (Å²) in [5.41, 5.74) is 0.875. The van der Waals surface area contributed by atoms with Gasteiger partial charge in [-0.2, -0.15) is 0 Å². The lowest BCUT2D eigenvalue weighted by Crippen LogP contribution is -2.48. The van der Waals surface area contributed by atoms with Crippen LogP contribution in [0.5, 0.6) is 5.75 Å². The SMILES string of the molecule is CCCNC(=O)[C@@]1(Cc2ccccc2)COC(c2ccc(OCCCO)cc2)=N1. The second-order valence-electron chi connectivity index (χ2n) is 7.11. The van der Waals surface area contributed by atoms with E-state index in [1.54, 1.807) is 0 Å². The molecular formula is C23H28N2O4. The molecule has 0 saturated heterocycles. The first-order chi connectivity index (χ1) is 14.2. The highest BCUT2D eigenvalue weighted by Crippen LogP contribution is 2.27. The van der Waals surface area contributed by atoms with Crippen molar-refractivity contribution >= 4 is 11.8 Å². The van der Waals surface area contributed by atoms with E-state index in [9.17, 15) is 4.79 Å². The van der Waals surface area contributed by atoms with E-state index in [4.69, 9.17) is 19.6 Å². The molecule has 1 amide bonds. The number of carbonyl (C=O) groups is 1. The zero-order valence-electron chi connectivity index (χ0n) is 16.8. The van der Waals surface area contributed by atoms with E-state index in [1.807, 2.05) is 61.5 Å². The maximum Gasteiger partial charge on any atom is 0.251 e. The molecule has 29 heavy (non-hydrogen) atoms. The Morgan fingerprint density at radius 1 is 1.21 bits per heavy atom. The highest BCUT2D eigenvalue weighted by Gasteiger charge is 2.44. The fourth-order valence-electron chi connectivity index (χ4n) is 3.17. The summed E-state index contributed by atoms with van der Waals surface area (Å²) in [6.45, 7) is 3.41. The van der Waals surface area contributed by atoms with E-state index in [2.05, 4.69) is 5.32 Å². The van der Waals surface area contributed by atoms with Crippen LogP contribution in [-0.2, 0) is 16.0 Å². The maximum absolute atomic E-state index is 13.0. The molecule has 6 nitrogen and oxygen atoms in total. The summed E-state index contributed by atoms with van der Waals surface area (Å²) < 4.78 is 11.4. The van der Waals surface area contributed by atoms with Crippen molar-refractivity contribution in [1.82, 2.24) is 5.32 Å². The van der Waals surface area contributed by atoms with E-state index in [-0.39, 0.29) is 19.1 Å². The average Bonchev–Trinajstić information content (AvgIpc) is 3.18. The molecule has 0 radical (unpaired) electrons. The minimum absolute atomic E-state index is 0.103. The zero-order valence-corrected chi connectivity index (χ0v) is 16.8. The molecule has 2 N–H and O–H groups in total. The molecule has 154 valence electrons. The largest absolute Gasteiger partial charge is 0.494 e. The van der Waals surface area contributed by atoms with Crippen molar-refractivity contribution < 1.29 is 19.4 Å². The van der Waals surface area contributed by atoms with Crippen molar-refractivity contribution in [3.05, 3.63) is 65.7 Å². The molecule has 0 fully saturated rings. The molecule has 2 aromatic carbocycles. The van der Waals surface area contributed by atoms with E-state index in [0.29, 0.717) is 31.9 Å². The van der Waals surface area contributed by atoms with Crippen LogP contribution in [0.4, 0.5) is 0 Å². The lowest BCUT2D eigenvalue weighted by molar-refractivity contribution is -0.126. The predicted molar refractivity (Wildman–Crippen MR) is 112 cm³/mol.